The first-order valence-corrected chi connectivity index (χ1v) is 4.55. The van der Waals surface area contributed by atoms with E-state index in [1.54, 1.807) is 0 Å². The lowest BCUT2D eigenvalue weighted by molar-refractivity contribution is -0.132. The standard InChI is InChI=1S/C10H16N2O2/c1-10(2,3)7-5-8(9(13)14-4)12-11-6-7/h6,11H,5H2,1-4H3. The molecule has 0 fully saturated rings. The number of hydrogen-bond acceptors (Lipinski definition) is 4. The Morgan fingerprint density at radius 2 is 2.21 bits per heavy atom. The number of ether oxygens (including phenoxy) is 1. The molecule has 0 atom stereocenters. The average Bonchev–Trinajstić information content (AvgIpc) is 2.15. The van der Waals surface area contributed by atoms with Crippen molar-refractivity contribution in [3.05, 3.63) is 11.8 Å². The highest BCUT2D eigenvalue weighted by Crippen LogP contribution is 2.28. The molecule has 0 unspecified atom stereocenters. The lowest BCUT2D eigenvalue weighted by Crippen LogP contribution is -2.26. The molecule has 0 radical (unpaired) electrons. The van der Waals surface area contributed by atoms with Crippen molar-refractivity contribution >= 4 is 11.7 Å². The molecule has 0 aromatic rings. The minimum Gasteiger partial charge on any atom is -0.464 e. The van der Waals surface area contributed by atoms with Crippen molar-refractivity contribution in [2.75, 3.05) is 7.11 Å². The third-order valence-electron chi connectivity index (χ3n) is 2.18. The summed E-state index contributed by atoms with van der Waals surface area (Å²) in [5.74, 6) is -0.368. The molecule has 1 aliphatic heterocycles. The van der Waals surface area contributed by atoms with Crippen LogP contribution in [0, 0.1) is 5.41 Å². The maximum atomic E-state index is 11.2. The molecule has 0 aromatic carbocycles. The van der Waals surface area contributed by atoms with E-state index in [2.05, 4.69) is 36.0 Å². The van der Waals surface area contributed by atoms with E-state index >= 15 is 0 Å². The Labute approximate surface area is 84.0 Å². The zero-order valence-electron chi connectivity index (χ0n) is 9.05. The Balaban J connectivity index is 2.74. The van der Waals surface area contributed by atoms with Crippen molar-refractivity contribution in [1.82, 2.24) is 5.43 Å². The lowest BCUT2D eigenvalue weighted by Gasteiger charge is -2.25. The van der Waals surface area contributed by atoms with E-state index in [1.807, 2.05) is 6.20 Å². The van der Waals surface area contributed by atoms with Gasteiger partial charge in [-0.1, -0.05) is 20.8 Å². The van der Waals surface area contributed by atoms with Crippen LogP contribution in [0.15, 0.2) is 16.9 Å². The summed E-state index contributed by atoms with van der Waals surface area (Å²) < 4.78 is 4.61. The van der Waals surface area contributed by atoms with Crippen LogP contribution in [0.25, 0.3) is 0 Å². The molecule has 0 amide bonds. The fraction of sp³-hybridized carbons (Fsp3) is 0.600. The van der Waals surface area contributed by atoms with Gasteiger partial charge in [0.05, 0.1) is 7.11 Å². The van der Waals surface area contributed by atoms with Crippen molar-refractivity contribution in [2.24, 2.45) is 10.5 Å². The third-order valence-corrected chi connectivity index (χ3v) is 2.18. The van der Waals surface area contributed by atoms with Gasteiger partial charge in [0.15, 0.2) is 0 Å². The van der Waals surface area contributed by atoms with Crippen LogP contribution in [0.5, 0.6) is 0 Å². The number of rotatable bonds is 1. The summed E-state index contributed by atoms with van der Waals surface area (Å²) in [7, 11) is 1.36. The van der Waals surface area contributed by atoms with Crippen LogP contribution >= 0.6 is 0 Å². The van der Waals surface area contributed by atoms with Crippen LogP contribution in [-0.2, 0) is 9.53 Å². The van der Waals surface area contributed by atoms with E-state index in [-0.39, 0.29) is 11.4 Å². The zero-order chi connectivity index (χ0) is 10.8. The van der Waals surface area contributed by atoms with Gasteiger partial charge in [-0.15, -0.1) is 0 Å². The van der Waals surface area contributed by atoms with E-state index in [4.69, 9.17) is 0 Å². The van der Waals surface area contributed by atoms with Crippen LogP contribution in [0.1, 0.15) is 27.2 Å². The third kappa shape index (κ3) is 2.34. The van der Waals surface area contributed by atoms with Gasteiger partial charge in [-0.05, 0) is 11.0 Å². The molecule has 1 heterocycles. The number of hydrogen-bond donors (Lipinski definition) is 1. The largest absolute Gasteiger partial charge is 0.464 e. The van der Waals surface area contributed by atoms with Gasteiger partial charge in [0.2, 0.25) is 0 Å². The Kier molecular flexibility index (Phi) is 2.93. The topological polar surface area (TPSA) is 50.7 Å². The molecule has 1 aliphatic rings. The molecule has 1 rings (SSSR count). The number of hydrazone groups is 1. The zero-order valence-corrected chi connectivity index (χ0v) is 9.05. The van der Waals surface area contributed by atoms with Crippen molar-refractivity contribution in [3.63, 3.8) is 0 Å². The number of carbonyl (C=O) groups is 1. The highest BCUT2D eigenvalue weighted by molar-refractivity contribution is 6.37. The predicted molar refractivity (Wildman–Crippen MR) is 54.7 cm³/mol. The number of esters is 1. The van der Waals surface area contributed by atoms with E-state index in [0.717, 1.165) is 5.57 Å². The maximum Gasteiger partial charge on any atom is 0.354 e. The predicted octanol–water partition coefficient (Wildman–Crippen LogP) is 1.44. The van der Waals surface area contributed by atoms with Gasteiger partial charge < -0.3 is 4.74 Å². The number of allylic oxidation sites excluding steroid dienone is 1. The lowest BCUT2D eigenvalue weighted by atomic mass is 9.83. The van der Waals surface area contributed by atoms with E-state index in [0.29, 0.717) is 12.1 Å². The number of nitrogens with zero attached hydrogens (tertiary/aromatic N) is 1. The quantitative estimate of drug-likeness (QED) is 0.645. The van der Waals surface area contributed by atoms with Crippen molar-refractivity contribution in [3.8, 4) is 0 Å². The average molecular weight is 196 g/mol. The summed E-state index contributed by atoms with van der Waals surface area (Å²) in [5, 5.41) is 3.88. The van der Waals surface area contributed by atoms with Gasteiger partial charge in [0.1, 0.15) is 5.71 Å². The van der Waals surface area contributed by atoms with E-state index in [9.17, 15) is 4.79 Å². The van der Waals surface area contributed by atoms with Gasteiger partial charge in [-0.2, -0.15) is 5.10 Å². The Morgan fingerprint density at radius 1 is 1.57 bits per heavy atom. The Bertz CT molecular complexity index is 298. The Morgan fingerprint density at radius 3 is 2.71 bits per heavy atom. The highest BCUT2D eigenvalue weighted by atomic mass is 16.5. The first kappa shape index (κ1) is 10.8. The molecular weight excluding hydrogens is 180 g/mol. The van der Waals surface area contributed by atoms with Crippen LogP contribution in [0.3, 0.4) is 0 Å². The Hall–Kier alpha value is -1.32. The number of nitrogens with one attached hydrogen (secondary N) is 1. The summed E-state index contributed by atoms with van der Waals surface area (Å²) >= 11 is 0. The molecule has 0 aromatic heterocycles. The molecule has 0 saturated heterocycles. The summed E-state index contributed by atoms with van der Waals surface area (Å²) in [6.45, 7) is 6.29. The molecule has 4 heteroatoms. The molecule has 0 spiro atoms. The van der Waals surface area contributed by atoms with Gasteiger partial charge in [0.25, 0.3) is 0 Å². The molecule has 78 valence electrons. The van der Waals surface area contributed by atoms with Crippen LogP contribution in [-0.4, -0.2) is 18.8 Å². The first-order valence-electron chi connectivity index (χ1n) is 4.55. The van der Waals surface area contributed by atoms with Gasteiger partial charge in [-0.25, -0.2) is 4.79 Å². The smallest absolute Gasteiger partial charge is 0.354 e. The van der Waals surface area contributed by atoms with E-state index in [1.165, 1.54) is 7.11 Å². The summed E-state index contributed by atoms with van der Waals surface area (Å²) in [6.07, 6.45) is 2.40. The summed E-state index contributed by atoms with van der Waals surface area (Å²) in [5.41, 5.74) is 4.35. The van der Waals surface area contributed by atoms with Crippen LogP contribution in [0.4, 0.5) is 0 Å². The van der Waals surface area contributed by atoms with Crippen molar-refractivity contribution in [1.29, 1.82) is 0 Å². The second kappa shape index (κ2) is 3.82. The maximum absolute atomic E-state index is 11.2. The minimum absolute atomic E-state index is 0.0439. The molecule has 0 saturated carbocycles. The highest BCUT2D eigenvalue weighted by Gasteiger charge is 2.24. The monoisotopic (exact) mass is 196 g/mol. The van der Waals surface area contributed by atoms with E-state index < -0.39 is 0 Å². The van der Waals surface area contributed by atoms with Gasteiger partial charge in [-0.3, -0.25) is 5.43 Å². The van der Waals surface area contributed by atoms with Crippen LogP contribution in [0.2, 0.25) is 0 Å². The molecule has 14 heavy (non-hydrogen) atoms. The second-order valence-electron chi connectivity index (χ2n) is 4.28. The molecule has 4 nitrogen and oxygen atoms in total. The SMILES string of the molecule is COC(=O)C1=NNC=C(C(C)(C)C)C1. The van der Waals surface area contributed by atoms with Crippen LogP contribution < -0.4 is 5.43 Å². The number of carbonyl (C=O) groups excluding carboxylic acids is 1. The normalized spacial score (nSPS) is 16.6. The minimum atomic E-state index is -0.368. The van der Waals surface area contributed by atoms with Gasteiger partial charge >= 0.3 is 5.97 Å². The molecule has 0 bridgehead atoms. The molecule has 0 aliphatic carbocycles. The van der Waals surface area contributed by atoms with Crippen molar-refractivity contribution in [2.45, 2.75) is 27.2 Å². The summed E-state index contributed by atoms with van der Waals surface area (Å²) in [6, 6.07) is 0. The van der Waals surface area contributed by atoms with Gasteiger partial charge in [0, 0.05) is 12.6 Å². The fourth-order valence-electron chi connectivity index (χ4n) is 1.18. The number of methoxy groups -OCH3 is 1. The second-order valence-corrected chi connectivity index (χ2v) is 4.28. The van der Waals surface area contributed by atoms with Crippen molar-refractivity contribution < 1.29 is 9.53 Å². The summed E-state index contributed by atoms with van der Waals surface area (Å²) in [4.78, 5) is 11.2. The first-order chi connectivity index (χ1) is 6.45. The fourth-order valence-corrected chi connectivity index (χ4v) is 1.18. The molecular formula is C10H16N2O2. The molecule has 1 N–H and O–H groups in total.